The van der Waals surface area contributed by atoms with Gasteiger partial charge in [-0.15, -0.1) is 0 Å². The van der Waals surface area contributed by atoms with Gasteiger partial charge in [-0.25, -0.2) is 0 Å². The SMILES string of the molecule is O=C(c1ccc(C2OC2c2ccccc2)cc1)C1CC1. The number of carbonyl (C=O) groups is 1. The number of hydrogen-bond donors (Lipinski definition) is 0. The van der Waals surface area contributed by atoms with Crippen molar-refractivity contribution in [3.05, 3.63) is 71.3 Å². The molecular formula is C18H16O2. The largest absolute Gasteiger partial charge is 0.359 e. The highest BCUT2D eigenvalue weighted by molar-refractivity contribution is 5.99. The van der Waals surface area contributed by atoms with Crippen LogP contribution in [0.4, 0.5) is 0 Å². The predicted molar refractivity (Wildman–Crippen MR) is 76.5 cm³/mol. The lowest BCUT2D eigenvalue weighted by Crippen LogP contribution is -2.00. The smallest absolute Gasteiger partial charge is 0.165 e. The summed E-state index contributed by atoms with van der Waals surface area (Å²) < 4.78 is 5.76. The second kappa shape index (κ2) is 4.57. The fraction of sp³-hybridized carbons (Fsp3) is 0.278. The molecule has 1 saturated carbocycles. The normalized spacial score (nSPS) is 24.4. The number of hydrogen-bond acceptors (Lipinski definition) is 2. The molecule has 0 radical (unpaired) electrons. The van der Waals surface area contributed by atoms with Crippen LogP contribution in [0.3, 0.4) is 0 Å². The van der Waals surface area contributed by atoms with E-state index in [1.54, 1.807) is 0 Å². The molecule has 20 heavy (non-hydrogen) atoms. The van der Waals surface area contributed by atoms with Crippen molar-refractivity contribution in [1.82, 2.24) is 0 Å². The molecule has 100 valence electrons. The van der Waals surface area contributed by atoms with E-state index in [0.29, 0.717) is 5.78 Å². The lowest BCUT2D eigenvalue weighted by Gasteiger charge is -2.01. The van der Waals surface area contributed by atoms with E-state index in [4.69, 9.17) is 4.74 Å². The third kappa shape index (κ3) is 2.16. The molecule has 0 bridgehead atoms. The number of benzene rings is 2. The van der Waals surface area contributed by atoms with E-state index in [0.717, 1.165) is 24.0 Å². The molecule has 2 fully saturated rings. The van der Waals surface area contributed by atoms with Crippen LogP contribution in [-0.2, 0) is 4.74 Å². The Kier molecular flexibility index (Phi) is 2.71. The summed E-state index contributed by atoms with van der Waals surface area (Å²) in [7, 11) is 0. The van der Waals surface area contributed by atoms with Gasteiger partial charge < -0.3 is 4.74 Å². The van der Waals surface area contributed by atoms with Gasteiger partial charge in [-0.2, -0.15) is 0 Å². The molecule has 1 aliphatic carbocycles. The number of carbonyl (C=O) groups excluding carboxylic acids is 1. The minimum absolute atomic E-state index is 0.141. The van der Waals surface area contributed by atoms with Gasteiger partial charge in [0.05, 0.1) is 0 Å². The summed E-state index contributed by atoms with van der Waals surface area (Å²) in [5.41, 5.74) is 3.22. The van der Waals surface area contributed by atoms with Crippen LogP contribution >= 0.6 is 0 Å². The number of ketones is 1. The molecule has 2 heteroatoms. The highest BCUT2D eigenvalue weighted by Crippen LogP contribution is 2.50. The van der Waals surface area contributed by atoms with Crippen molar-refractivity contribution in [3.63, 3.8) is 0 Å². The zero-order valence-corrected chi connectivity index (χ0v) is 11.2. The molecule has 2 unspecified atom stereocenters. The maximum Gasteiger partial charge on any atom is 0.165 e. The summed E-state index contributed by atoms with van der Waals surface area (Å²) >= 11 is 0. The van der Waals surface area contributed by atoms with E-state index in [1.807, 2.05) is 42.5 Å². The Hall–Kier alpha value is -1.93. The molecule has 2 nitrogen and oxygen atoms in total. The summed E-state index contributed by atoms with van der Waals surface area (Å²) in [4.78, 5) is 12.0. The Balaban J connectivity index is 1.49. The van der Waals surface area contributed by atoms with Crippen molar-refractivity contribution in [2.75, 3.05) is 0 Å². The Labute approximate surface area is 118 Å². The first-order chi connectivity index (χ1) is 9.83. The number of ether oxygens (including phenoxy) is 1. The Morgan fingerprint density at radius 1 is 0.850 bits per heavy atom. The first-order valence-corrected chi connectivity index (χ1v) is 7.17. The van der Waals surface area contributed by atoms with Gasteiger partial charge in [0.1, 0.15) is 12.2 Å². The Morgan fingerprint density at radius 2 is 1.45 bits per heavy atom. The molecule has 2 aliphatic rings. The third-order valence-electron chi connectivity index (χ3n) is 4.09. The van der Waals surface area contributed by atoms with Gasteiger partial charge in [0.25, 0.3) is 0 Å². The molecule has 2 atom stereocenters. The molecule has 1 saturated heterocycles. The number of Topliss-reactive ketones (excluding diaryl/α,β-unsaturated/α-hetero) is 1. The summed E-state index contributed by atoms with van der Waals surface area (Å²) in [6, 6.07) is 18.2. The summed E-state index contributed by atoms with van der Waals surface area (Å²) in [5.74, 6) is 0.586. The topological polar surface area (TPSA) is 29.6 Å². The van der Waals surface area contributed by atoms with E-state index in [9.17, 15) is 4.79 Å². The van der Waals surface area contributed by atoms with Crippen LogP contribution in [0.15, 0.2) is 54.6 Å². The number of epoxide rings is 1. The molecule has 2 aromatic carbocycles. The molecule has 2 aromatic rings. The van der Waals surface area contributed by atoms with Crippen molar-refractivity contribution < 1.29 is 9.53 Å². The molecule has 0 amide bonds. The second-order valence-electron chi connectivity index (χ2n) is 5.65. The van der Waals surface area contributed by atoms with Crippen LogP contribution < -0.4 is 0 Å². The van der Waals surface area contributed by atoms with E-state index in [1.165, 1.54) is 5.56 Å². The van der Waals surface area contributed by atoms with Crippen molar-refractivity contribution in [2.45, 2.75) is 25.0 Å². The van der Waals surface area contributed by atoms with Crippen LogP contribution in [0.5, 0.6) is 0 Å². The van der Waals surface area contributed by atoms with Gasteiger partial charge in [0, 0.05) is 11.5 Å². The Morgan fingerprint density at radius 3 is 2.05 bits per heavy atom. The highest BCUT2D eigenvalue weighted by Gasteiger charge is 2.41. The molecule has 4 rings (SSSR count). The highest BCUT2D eigenvalue weighted by atomic mass is 16.6. The standard InChI is InChI=1S/C18H16O2/c19-16(12-6-7-12)13-8-10-15(11-9-13)18-17(20-18)14-4-2-1-3-5-14/h1-5,8-12,17-18H,6-7H2. The van der Waals surface area contributed by atoms with Crippen LogP contribution in [0.2, 0.25) is 0 Å². The average molecular weight is 264 g/mol. The minimum atomic E-state index is 0.141. The van der Waals surface area contributed by atoms with Crippen molar-refractivity contribution in [2.24, 2.45) is 5.92 Å². The van der Waals surface area contributed by atoms with Crippen LogP contribution in [0.1, 0.15) is 46.5 Å². The van der Waals surface area contributed by atoms with Gasteiger partial charge in [-0.3, -0.25) is 4.79 Å². The van der Waals surface area contributed by atoms with Crippen LogP contribution in [0, 0.1) is 5.92 Å². The minimum Gasteiger partial charge on any atom is -0.359 e. The van der Waals surface area contributed by atoms with Gasteiger partial charge >= 0.3 is 0 Å². The molecule has 1 heterocycles. The van der Waals surface area contributed by atoms with E-state index < -0.39 is 0 Å². The predicted octanol–water partition coefficient (Wildman–Crippen LogP) is 4.09. The third-order valence-corrected chi connectivity index (χ3v) is 4.09. The van der Waals surface area contributed by atoms with Gasteiger partial charge in [0.15, 0.2) is 5.78 Å². The zero-order chi connectivity index (χ0) is 13.5. The number of rotatable bonds is 4. The average Bonchev–Trinajstić information content (AvgIpc) is 3.41. The van der Waals surface area contributed by atoms with Crippen LogP contribution in [0.25, 0.3) is 0 Å². The first-order valence-electron chi connectivity index (χ1n) is 7.17. The monoisotopic (exact) mass is 264 g/mol. The van der Waals surface area contributed by atoms with E-state index >= 15 is 0 Å². The summed E-state index contributed by atoms with van der Waals surface area (Å²) in [6.45, 7) is 0. The molecular weight excluding hydrogens is 248 g/mol. The van der Waals surface area contributed by atoms with Gasteiger partial charge in [-0.1, -0.05) is 54.6 Å². The fourth-order valence-electron chi connectivity index (χ4n) is 2.68. The maximum atomic E-state index is 12.0. The molecule has 0 N–H and O–H groups in total. The van der Waals surface area contributed by atoms with E-state index in [-0.39, 0.29) is 18.1 Å². The molecule has 1 aliphatic heterocycles. The quantitative estimate of drug-likeness (QED) is 0.615. The molecule has 0 spiro atoms. The van der Waals surface area contributed by atoms with Gasteiger partial charge in [0.2, 0.25) is 0 Å². The molecule has 0 aromatic heterocycles. The van der Waals surface area contributed by atoms with Crippen molar-refractivity contribution >= 4 is 5.78 Å². The first kappa shape index (κ1) is 11.9. The zero-order valence-electron chi connectivity index (χ0n) is 11.2. The summed E-state index contributed by atoms with van der Waals surface area (Å²) in [5, 5.41) is 0. The van der Waals surface area contributed by atoms with Crippen LogP contribution in [-0.4, -0.2) is 5.78 Å². The Bertz CT molecular complexity index is 626. The lowest BCUT2D eigenvalue weighted by molar-refractivity contribution is 0.0967. The fourth-order valence-corrected chi connectivity index (χ4v) is 2.68. The van der Waals surface area contributed by atoms with Crippen molar-refractivity contribution in [1.29, 1.82) is 0 Å². The lowest BCUT2D eigenvalue weighted by atomic mass is 10.0. The van der Waals surface area contributed by atoms with Gasteiger partial charge in [-0.05, 0) is 24.0 Å². The second-order valence-corrected chi connectivity index (χ2v) is 5.65. The van der Waals surface area contributed by atoms with Crippen molar-refractivity contribution in [3.8, 4) is 0 Å². The van der Waals surface area contributed by atoms with E-state index in [2.05, 4.69) is 12.1 Å². The maximum absolute atomic E-state index is 12.0. The summed E-state index contributed by atoms with van der Waals surface area (Å²) in [6.07, 6.45) is 2.42.